The number of piperazine rings is 1. The number of fused-ring (bicyclic) bond motifs is 1. The van der Waals surface area contributed by atoms with E-state index in [9.17, 15) is 9.59 Å². The second kappa shape index (κ2) is 11.0. The van der Waals surface area contributed by atoms with Gasteiger partial charge in [-0.15, -0.1) is 0 Å². The van der Waals surface area contributed by atoms with Gasteiger partial charge in [-0.2, -0.15) is 0 Å². The van der Waals surface area contributed by atoms with E-state index < -0.39 is 0 Å². The number of halogens is 1. The fourth-order valence-corrected chi connectivity index (χ4v) is 5.06. The van der Waals surface area contributed by atoms with Crippen molar-refractivity contribution >= 4 is 34.9 Å². The monoisotopic (exact) mass is 518 g/mol. The zero-order chi connectivity index (χ0) is 25.8. The maximum atomic E-state index is 13.6. The van der Waals surface area contributed by atoms with Crippen molar-refractivity contribution < 1.29 is 9.59 Å². The minimum atomic E-state index is -0.0687. The van der Waals surface area contributed by atoms with E-state index in [0.29, 0.717) is 32.7 Å². The lowest BCUT2D eigenvalue weighted by atomic mass is 10.1. The number of hydrogen-bond acceptors (Lipinski definition) is 4. The Balaban J connectivity index is 1.32. The molecule has 0 aliphatic carbocycles. The highest BCUT2D eigenvalue weighted by Crippen LogP contribution is 2.31. The van der Waals surface area contributed by atoms with Gasteiger partial charge in [-0.05, 0) is 23.8 Å². The highest BCUT2D eigenvalue weighted by Gasteiger charge is 2.29. The third-order valence-electron chi connectivity index (χ3n) is 6.69. The van der Waals surface area contributed by atoms with Gasteiger partial charge in [-0.25, -0.2) is 4.79 Å². The number of urea groups is 1. The van der Waals surface area contributed by atoms with Crippen molar-refractivity contribution in [1.29, 1.82) is 0 Å². The van der Waals surface area contributed by atoms with Gasteiger partial charge in [0.05, 0.1) is 23.0 Å². The molecule has 3 aromatic rings. The summed E-state index contributed by atoms with van der Waals surface area (Å²) >= 11 is 6.39. The van der Waals surface area contributed by atoms with E-state index in [1.165, 1.54) is 6.92 Å². The maximum Gasteiger partial charge on any atom is 0.324 e. The Kier molecular flexibility index (Phi) is 7.37. The number of para-hydroxylation sites is 1. The van der Waals surface area contributed by atoms with Crippen LogP contribution in [0.1, 0.15) is 18.2 Å². The molecule has 9 heteroatoms. The molecule has 0 radical (unpaired) electrons. The normalized spacial score (nSPS) is 15.2. The van der Waals surface area contributed by atoms with Crippen LogP contribution in [-0.2, 0) is 11.3 Å². The molecular weight excluding hydrogens is 488 g/mol. The molecule has 0 unspecified atom stereocenters. The van der Waals surface area contributed by atoms with Gasteiger partial charge in [0.15, 0.2) is 0 Å². The highest BCUT2D eigenvalue weighted by molar-refractivity contribution is 6.33. The number of aromatic amines is 1. The lowest BCUT2D eigenvalue weighted by molar-refractivity contribution is -0.118. The topological polar surface area (TPSA) is 83.7 Å². The van der Waals surface area contributed by atoms with E-state index in [1.54, 1.807) is 4.90 Å². The molecule has 3 amide bonds. The summed E-state index contributed by atoms with van der Waals surface area (Å²) in [4.78, 5) is 34.3. The van der Waals surface area contributed by atoms with E-state index in [4.69, 9.17) is 11.6 Å². The Morgan fingerprint density at radius 1 is 0.973 bits per heavy atom. The molecule has 3 N–H and O–H groups in total. The molecule has 5 rings (SSSR count). The molecule has 8 nitrogen and oxygen atoms in total. The zero-order valence-corrected chi connectivity index (χ0v) is 21.6. The molecule has 2 aromatic carbocycles. The van der Waals surface area contributed by atoms with Crippen LogP contribution in [0.3, 0.4) is 0 Å². The van der Waals surface area contributed by atoms with Gasteiger partial charge < -0.3 is 25.4 Å². The smallest absolute Gasteiger partial charge is 0.324 e. The second-order valence-electron chi connectivity index (χ2n) is 9.23. The molecule has 0 saturated carbocycles. The van der Waals surface area contributed by atoms with Gasteiger partial charge in [0.2, 0.25) is 5.91 Å². The fraction of sp³-hybridized carbons (Fsp3) is 0.286. The third-order valence-corrected chi connectivity index (χ3v) is 7.01. The summed E-state index contributed by atoms with van der Waals surface area (Å²) < 4.78 is 0. The van der Waals surface area contributed by atoms with Gasteiger partial charge in [-0.3, -0.25) is 9.69 Å². The van der Waals surface area contributed by atoms with Gasteiger partial charge in [-0.1, -0.05) is 54.1 Å². The number of hydrogen-bond donors (Lipinski definition) is 3. The number of benzene rings is 2. The third kappa shape index (κ3) is 5.59. The van der Waals surface area contributed by atoms with Crippen molar-refractivity contribution in [1.82, 2.24) is 25.4 Å². The van der Waals surface area contributed by atoms with Crippen LogP contribution in [0, 0.1) is 0 Å². The quantitative estimate of drug-likeness (QED) is 0.429. The predicted octanol–water partition coefficient (Wildman–Crippen LogP) is 4.12. The first-order valence-corrected chi connectivity index (χ1v) is 12.9. The summed E-state index contributed by atoms with van der Waals surface area (Å²) in [6, 6.07) is 20.0. The summed E-state index contributed by atoms with van der Waals surface area (Å²) in [6.45, 7) is 5.69. The summed E-state index contributed by atoms with van der Waals surface area (Å²) in [6.07, 6.45) is 1.89. The summed E-state index contributed by atoms with van der Waals surface area (Å²) in [7, 11) is 0. The minimum absolute atomic E-state index is 0.0264. The molecule has 2 aliphatic rings. The first kappa shape index (κ1) is 24.8. The Hall–Kier alpha value is -3.91. The minimum Gasteiger partial charge on any atom is -0.382 e. The fourth-order valence-electron chi connectivity index (χ4n) is 4.80. The van der Waals surface area contributed by atoms with Crippen molar-refractivity contribution in [2.45, 2.75) is 13.5 Å². The van der Waals surface area contributed by atoms with Gasteiger partial charge >= 0.3 is 6.03 Å². The van der Waals surface area contributed by atoms with E-state index in [-0.39, 0.29) is 11.9 Å². The van der Waals surface area contributed by atoms with Gasteiger partial charge in [0.1, 0.15) is 0 Å². The molecule has 1 saturated heterocycles. The Morgan fingerprint density at radius 2 is 1.70 bits per heavy atom. The van der Waals surface area contributed by atoms with Crippen molar-refractivity contribution in [2.24, 2.45) is 0 Å². The van der Waals surface area contributed by atoms with E-state index in [0.717, 1.165) is 52.0 Å². The predicted molar refractivity (Wildman–Crippen MR) is 147 cm³/mol. The largest absolute Gasteiger partial charge is 0.382 e. The molecule has 1 fully saturated rings. The lowest BCUT2D eigenvalue weighted by Crippen LogP contribution is -2.52. The number of rotatable bonds is 6. The van der Waals surface area contributed by atoms with Crippen molar-refractivity contribution in [3.05, 3.63) is 83.1 Å². The summed E-state index contributed by atoms with van der Waals surface area (Å²) in [5.74, 6) is -0.0687. The van der Waals surface area contributed by atoms with Crippen LogP contribution < -0.4 is 15.5 Å². The molecule has 192 valence electrons. The number of nitrogens with one attached hydrogen (secondary N) is 3. The lowest BCUT2D eigenvalue weighted by Gasteiger charge is -2.38. The molecule has 0 bridgehead atoms. The number of H-pyrrole nitrogens is 1. The van der Waals surface area contributed by atoms with E-state index in [1.807, 2.05) is 53.6 Å². The van der Waals surface area contributed by atoms with Crippen LogP contribution in [0.4, 0.5) is 10.5 Å². The number of carbonyl (C=O) groups excluding carboxylic acids is 2. The molecule has 0 spiro atoms. The van der Waals surface area contributed by atoms with E-state index >= 15 is 0 Å². The molecule has 2 aliphatic heterocycles. The second-order valence-corrected chi connectivity index (χ2v) is 9.64. The number of anilines is 1. The van der Waals surface area contributed by atoms with Crippen LogP contribution in [0.5, 0.6) is 0 Å². The van der Waals surface area contributed by atoms with Crippen LogP contribution in [0.25, 0.3) is 17.0 Å². The zero-order valence-electron chi connectivity index (χ0n) is 20.8. The Bertz CT molecular complexity index is 1300. The number of carbonyl (C=O) groups is 2. The van der Waals surface area contributed by atoms with Crippen molar-refractivity contribution in [3.63, 3.8) is 0 Å². The molecule has 3 heterocycles. The summed E-state index contributed by atoms with van der Waals surface area (Å²) in [5.41, 5.74) is 5.96. The summed E-state index contributed by atoms with van der Waals surface area (Å²) in [5, 5.41) is 6.95. The Labute approximate surface area is 221 Å². The molecular formula is C28H31ClN6O2. The first-order chi connectivity index (χ1) is 18.0. The highest BCUT2D eigenvalue weighted by atomic mass is 35.5. The average molecular weight is 519 g/mol. The maximum absolute atomic E-state index is 13.6. The van der Waals surface area contributed by atoms with Crippen molar-refractivity contribution in [2.75, 3.05) is 44.2 Å². The van der Waals surface area contributed by atoms with Gasteiger partial charge in [0, 0.05) is 69.3 Å². The van der Waals surface area contributed by atoms with Crippen LogP contribution in [0.15, 0.2) is 66.9 Å². The Morgan fingerprint density at radius 3 is 2.43 bits per heavy atom. The first-order valence-electron chi connectivity index (χ1n) is 12.5. The molecule has 0 atom stereocenters. The van der Waals surface area contributed by atoms with Crippen LogP contribution in [-0.4, -0.2) is 66.0 Å². The van der Waals surface area contributed by atoms with Crippen LogP contribution in [0.2, 0.25) is 5.02 Å². The molecule has 1 aromatic heterocycles. The number of nitrogens with zero attached hydrogens (tertiary/aromatic N) is 3. The number of aromatic nitrogens is 1. The number of amides is 3. The van der Waals surface area contributed by atoms with Gasteiger partial charge in [0.25, 0.3) is 0 Å². The van der Waals surface area contributed by atoms with E-state index in [2.05, 4.69) is 38.7 Å². The average Bonchev–Trinajstić information content (AvgIpc) is 3.36. The SMILES string of the molecule is CC(=O)NCCNC1=CN(C(=O)N2CCN(c3ccccc3Cl)CC2)Cc2[nH]c(-c3ccccc3)cc21. The standard InChI is InChI=1S/C28H31ClN6O2/c1-20(36)30-11-12-31-25-18-35(19-26-22(25)17-24(32-26)21-7-3-2-4-8-21)28(37)34-15-13-33(14-16-34)27-10-6-5-9-23(27)29/h2-10,17-18,31-32H,11-16,19H2,1H3,(H,30,36). The van der Waals surface area contributed by atoms with Crippen LogP contribution >= 0.6 is 11.6 Å². The molecule has 37 heavy (non-hydrogen) atoms. The van der Waals surface area contributed by atoms with Crippen molar-refractivity contribution in [3.8, 4) is 11.3 Å².